The lowest BCUT2D eigenvalue weighted by atomic mass is 10.1. The highest BCUT2D eigenvalue weighted by atomic mass is 32.1. The Morgan fingerprint density at radius 2 is 1.66 bits per heavy atom. The number of hydrogen-bond donors (Lipinski definition) is 2. The molecule has 0 atom stereocenters. The van der Waals surface area contributed by atoms with E-state index in [1.807, 2.05) is 25.3 Å². The molecule has 0 saturated heterocycles. The molecule has 2 aromatic carbocycles. The van der Waals surface area contributed by atoms with Crippen LogP contribution in [0.25, 0.3) is 16.2 Å². The number of nitro groups is 1. The molecule has 0 bridgehead atoms. The maximum absolute atomic E-state index is 12.7. The highest BCUT2D eigenvalue weighted by molar-refractivity contribution is 7.15. The summed E-state index contributed by atoms with van der Waals surface area (Å²) in [6.45, 7) is 3.80. The number of amides is 1. The number of rotatable bonds is 6. The average Bonchev–Trinajstić information content (AvgIpc) is 3.39. The summed E-state index contributed by atoms with van der Waals surface area (Å²) < 4.78 is 1.60. The first-order valence-electron chi connectivity index (χ1n) is 10.5. The molecule has 0 radical (unpaired) electrons. The van der Waals surface area contributed by atoms with Gasteiger partial charge in [0, 0.05) is 45.7 Å². The zero-order valence-corrected chi connectivity index (χ0v) is 19.4. The molecule has 174 valence electrons. The predicted molar refractivity (Wildman–Crippen MR) is 132 cm³/mol. The van der Waals surface area contributed by atoms with Crippen molar-refractivity contribution < 1.29 is 9.72 Å². The van der Waals surface area contributed by atoms with E-state index in [0.29, 0.717) is 16.5 Å². The summed E-state index contributed by atoms with van der Waals surface area (Å²) in [5.41, 5.74) is 4.39. The topological polar surface area (TPSA) is 140 Å². The highest BCUT2D eigenvalue weighted by Crippen LogP contribution is 2.27. The van der Waals surface area contributed by atoms with E-state index < -0.39 is 4.92 Å². The number of anilines is 3. The largest absolute Gasteiger partial charge is 0.324 e. The van der Waals surface area contributed by atoms with Crippen molar-refractivity contribution in [2.45, 2.75) is 13.8 Å². The number of nitro benzene ring substituents is 1. The summed E-state index contributed by atoms with van der Waals surface area (Å²) in [6, 6.07) is 15.0. The number of nitrogens with one attached hydrogen (secondary N) is 2. The standard InChI is InChI=1S/C23H18N8O3S/c1-13-11-14(2)25-21(24-13)26-17-7-3-16(4-8-17)20(32)27-22-28-23-30(29-22)19(12-35-23)15-5-9-18(10-6-15)31(33)34/h3-12H,1-2H3,(H,24,25,26)(H,27,29,32). The number of nitrogens with zero attached hydrogens (tertiary/aromatic N) is 6. The van der Waals surface area contributed by atoms with Crippen molar-refractivity contribution >= 4 is 45.5 Å². The molecule has 0 spiro atoms. The van der Waals surface area contributed by atoms with Gasteiger partial charge >= 0.3 is 0 Å². The summed E-state index contributed by atoms with van der Waals surface area (Å²) >= 11 is 1.35. The van der Waals surface area contributed by atoms with Crippen LogP contribution in [0.2, 0.25) is 0 Å². The van der Waals surface area contributed by atoms with Gasteiger partial charge in [-0.25, -0.2) is 14.5 Å². The van der Waals surface area contributed by atoms with Crippen LogP contribution in [-0.4, -0.2) is 35.4 Å². The Balaban J connectivity index is 1.30. The van der Waals surface area contributed by atoms with Gasteiger partial charge in [-0.15, -0.1) is 16.4 Å². The third kappa shape index (κ3) is 4.68. The van der Waals surface area contributed by atoms with Gasteiger partial charge in [0.1, 0.15) is 0 Å². The average molecular weight is 487 g/mol. The fourth-order valence-electron chi connectivity index (χ4n) is 3.48. The van der Waals surface area contributed by atoms with Gasteiger partial charge in [0.2, 0.25) is 10.9 Å². The highest BCUT2D eigenvalue weighted by Gasteiger charge is 2.15. The quantitative estimate of drug-likeness (QED) is 0.258. The lowest BCUT2D eigenvalue weighted by molar-refractivity contribution is -0.384. The van der Waals surface area contributed by atoms with Gasteiger partial charge in [-0.1, -0.05) is 0 Å². The third-order valence-corrected chi connectivity index (χ3v) is 5.88. The summed E-state index contributed by atoms with van der Waals surface area (Å²) in [7, 11) is 0. The van der Waals surface area contributed by atoms with Crippen molar-refractivity contribution in [1.82, 2.24) is 24.6 Å². The molecule has 0 aliphatic heterocycles. The van der Waals surface area contributed by atoms with E-state index in [9.17, 15) is 14.9 Å². The fraction of sp³-hybridized carbons (Fsp3) is 0.0870. The van der Waals surface area contributed by atoms with Crippen molar-refractivity contribution in [3.05, 3.63) is 87.0 Å². The molecule has 0 fully saturated rings. The minimum absolute atomic E-state index is 0.00880. The minimum Gasteiger partial charge on any atom is -0.324 e. The zero-order valence-electron chi connectivity index (χ0n) is 18.6. The van der Waals surface area contributed by atoms with Gasteiger partial charge in [0.05, 0.1) is 10.6 Å². The summed E-state index contributed by atoms with van der Waals surface area (Å²) in [4.78, 5) is 36.8. The van der Waals surface area contributed by atoms with Crippen LogP contribution < -0.4 is 10.6 Å². The van der Waals surface area contributed by atoms with Gasteiger partial charge in [0.25, 0.3) is 17.5 Å². The molecular formula is C23H18N8O3S. The monoisotopic (exact) mass is 486 g/mol. The van der Waals surface area contributed by atoms with Crippen LogP contribution in [-0.2, 0) is 0 Å². The number of benzene rings is 2. The van der Waals surface area contributed by atoms with E-state index in [2.05, 4.69) is 30.7 Å². The second kappa shape index (κ2) is 8.91. The molecular weight excluding hydrogens is 468 g/mol. The van der Waals surface area contributed by atoms with Crippen LogP contribution in [0.3, 0.4) is 0 Å². The Morgan fingerprint density at radius 1 is 0.971 bits per heavy atom. The molecule has 3 aromatic heterocycles. The fourth-order valence-corrected chi connectivity index (χ4v) is 4.31. The molecule has 0 saturated carbocycles. The second-order valence-electron chi connectivity index (χ2n) is 7.69. The van der Waals surface area contributed by atoms with Gasteiger partial charge < -0.3 is 5.32 Å². The summed E-state index contributed by atoms with van der Waals surface area (Å²) in [6.07, 6.45) is 0. The number of carbonyl (C=O) groups is 1. The molecule has 35 heavy (non-hydrogen) atoms. The minimum atomic E-state index is -0.448. The number of aryl methyl sites for hydroxylation is 2. The summed E-state index contributed by atoms with van der Waals surface area (Å²) in [5, 5.41) is 23.0. The number of fused-ring (bicyclic) bond motifs is 1. The van der Waals surface area contributed by atoms with Crippen molar-refractivity contribution in [2.75, 3.05) is 10.6 Å². The molecule has 1 amide bonds. The Labute approximate surface area is 202 Å². The smallest absolute Gasteiger partial charge is 0.269 e. The second-order valence-corrected chi connectivity index (χ2v) is 8.52. The van der Waals surface area contributed by atoms with Crippen LogP contribution in [0.5, 0.6) is 0 Å². The van der Waals surface area contributed by atoms with E-state index in [4.69, 9.17) is 0 Å². The number of non-ortho nitro benzene ring substituents is 1. The first kappa shape index (κ1) is 22.1. The lowest BCUT2D eigenvalue weighted by Gasteiger charge is -2.07. The molecule has 0 aliphatic carbocycles. The Kier molecular flexibility index (Phi) is 5.63. The van der Waals surface area contributed by atoms with Crippen molar-refractivity contribution in [2.24, 2.45) is 0 Å². The first-order valence-corrected chi connectivity index (χ1v) is 11.3. The third-order valence-electron chi connectivity index (χ3n) is 5.07. The summed E-state index contributed by atoms with van der Waals surface area (Å²) in [5.74, 6) is 0.302. The van der Waals surface area contributed by atoms with Crippen molar-refractivity contribution in [1.29, 1.82) is 0 Å². The molecule has 2 N–H and O–H groups in total. The number of aromatic nitrogens is 5. The van der Waals surface area contributed by atoms with Crippen LogP contribution in [0.15, 0.2) is 60.0 Å². The van der Waals surface area contributed by atoms with E-state index in [0.717, 1.165) is 28.3 Å². The predicted octanol–water partition coefficient (Wildman–Crippen LogP) is 4.77. The van der Waals surface area contributed by atoms with Crippen LogP contribution in [0.4, 0.5) is 23.3 Å². The van der Waals surface area contributed by atoms with Crippen molar-refractivity contribution in [3.63, 3.8) is 0 Å². The van der Waals surface area contributed by atoms with Gasteiger partial charge in [0.15, 0.2) is 0 Å². The molecule has 0 unspecified atom stereocenters. The molecule has 5 aromatic rings. The normalized spacial score (nSPS) is 10.9. The Morgan fingerprint density at radius 3 is 2.31 bits per heavy atom. The maximum atomic E-state index is 12.7. The van der Waals surface area contributed by atoms with Gasteiger partial charge in [-0.2, -0.15) is 4.98 Å². The van der Waals surface area contributed by atoms with Crippen molar-refractivity contribution in [3.8, 4) is 11.3 Å². The first-order chi connectivity index (χ1) is 16.9. The van der Waals surface area contributed by atoms with E-state index in [1.54, 1.807) is 40.9 Å². The molecule has 11 nitrogen and oxygen atoms in total. The lowest BCUT2D eigenvalue weighted by Crippen LogP contribution is -2.13. The van der Waals surface area contributed by atoms with E-state index >= 15 is 0 Å². The number of hydrogen-bond acceptors (Lipinski definition) is 9. The molecule has 0 aliphatic rings. The van der Waals surface area contributed by atoms with Gasteiger partial charge in [-0.3, -0.25) is 20.2 Å². The Hall–Kier alpha value is -4.71. The van der Waals surface area contributed by atoms with Crippen LogP contribution >= 0.6 is 11.3 Å². The molecule has 5 rings (SSSR count). The molecule has 12 heteroatoms. The Bertz CT molecular complexity index is 1540. The zero-order chi connectivity index (χ0) is 24.5. The number of thiazole rings is 1. The number of carbonyl (C=O) groups excluding carboxylic acids is 1. The SMILES string of the molecule is Cc1cc(C)nc(Nc2ccc(C(=O)Nc3nc4scc(-c5ccc([N+](=O)[O-])cc5)n4n3)cc2)n1. The van der Waals surface area contributed by atoms with Crippen LogP contribution in [0.1, 0.15) is 21.7 Å². The van der Waals surface area contributed by atoms with E-state index in [1.165, 1.54) is 23.5 Å². The van der Waals surface area contributed by atoms with Crippen LogP contribution in [0, 0.1) is 24.0 Å². The molecule has 3 heterocycles. The van der Waals surface area contributed by atoms with Gasteiger partial charge in [-0.05, 0) is 56.3 Å². The maximum Gasteiger partial charge on any atom is 0.269 e. The van der Waals surface area contributed by atoms with E-state index in [-0.39, 0.29) is 17.5 Å².